The number of aryl methyl sites for hydroxylation is 2. The number of hydrogen-bond acceptors (Lipinski definition) is 7. The van der Waals surface area contributed by atoms with Crippen molar-refractivity contribution >= 4 is 22.4 Å². The molecule has 1 heterocycles. The van der Waals surface area contributed by atoms with Crippen LogP contribution in [0.3, 0.4) is 0 Å². The van der Waals surface area contributed by atoms with Crippen molar-refractivity contribution in [2.75, 3.05) is 32.4 Å². The first kappa shape index (κ1) is 16.0. The summed E-state index contributed by atoms with van der Waals surface area (Å²) in [4.78, 5) is 8.60. The first-order chi connectivity index (χ1) is 13.7. The third-order valence-electron chi connectivity index (χ3n) is 4.27. The predicted molar refractivity (Wildman–Crippen MR) is 107 cm³/mol. The molecule has 0 saturated carbocycles. The number of nitrogens with zero attached hydrogens (tertiary/aromatic N) is 2. The SMILES string of the molecule is [2H]C([2H])(Nc1cc(OC)c(OC)c(OC)c1)c1ccc2nc(C)nc(N)c2c1C. The molecule has 7 heteroatoms. The lowest BCUT2D eigenvalue weighted by Crippen LogP contribution is -2.05. The summed E-state index contributed by atoms with van der Waals surface area (Å²) in [5.74, 6) is 2.18. The van der Waals surface area contributed by atoms with E-state index in [0.29, 0.717) is 56.6 Å². The number of ether oxygens (including phenoxy) is 3. The summed E-state index contributed by atoms with van der Waals surface area (Å²) >= 11 is 0. The molecule has 142 valence electrons. The van der Waals surface area contributed by atoms with Crippen molar-refractivity contribution in [1.29, 1.82) is 0 Å². The lowest BCUT2D eigenvalue weighted by Gasteiger charge is -2.16. The number of methoxy groups -OCH3 is 3. The third-order valence-corrected chi connectivity index (χ3v) is 4.27. The van der Waals surface area contributed by atoms with E-state index in [1.54, 1.807) is 38.1 Å². The maximum Gasteiger partial charge on any atom is 0.203 e. The van der Waals surface area contributed by atoms with Crippen LogP contribution < -0.4 is 25.3 Å². The highest BCUT2D eigenvalue weighted by Crippen LogP contribution is 2.40. The molecular formula is C20H24N4O3. The van der Waals surface area contributed by atoms with Crippen LogP contribution in [0.2, 0.25) is 0 Å². The largest absolute Gasteiger partial charge is 0.493 e. The molecule has 27 heavy (non-hydrogen) atoms. The van der Waals surface area contributed by atoms with Crippen LogP contribution in [0.15, 0.2) is 24.3 Å². The van der Waals surface area contributed by atoms with E-state index in [2.05, 4.69) is 15.3 Å². The molecule has 0 saturated heterocycles. The number of nitrogen functional groups attached to an aromatic ring is 1. The number of fused-ring (bicyclic) bond motifs is 1. The van der Waals surface area contributed by atoms with Gasteiger partial charge in [0.2, 0.25) is 5.75 Å². The van der Waals surface area contributed by atoms with Gasteiger partial charge in [0, 0.05) is 29.7 Å². The van der Waals surface area contributed by atoms with Crippen molar-refractivity contribution in [3.8, 4) is 17.2 Å². The molecule has 7 nitrogen and oxygen atoms in total. The van der Waals surface area contributed by atoms with Gasteiger partial charge in [0.15, 0.2) is 11.5 Å². The first-order valence-electron chi connectivity index (χ1n) is 9.34. The van der Waals surface area contributed by atoms with Crippen LogP contribution in [0.5, 0.6) is 17.2 Å². The van der Waals surface area contributed by atoms with Crippen molar-refractivity contribution in [3.05, 3.63) is 41.2 Å². The second-order valence-corrected chi connectivity index (χ2v) is 5.95. The Bertz CT molecular complexity index is 1050. The van der Waals surface area contributed by atoms with E-state index in [0.717, 1.165) is 0 Å². The fourth-order valence-electron chi connectivity index (χ4n) is 2.97. The Morgan fingerprint density at radius 1 is 1.04 bits per heavy atom. The van der Waals surface area contributed by atoms with Gasteiger partial charge in [0.05, 0.1) is 29.6 Å². The summed E-state index contributed by atoms with van der Waals surface area (Å²) in [7, 11) is 4.53. The van der Waals surface area contributed by atoms with Gasteiger partial charge in [-0.15, -0.1) is 0 Å². The Labute approximate surface area is 161 Å². The molecule has 3 rings (SSSR count). The minimum Gasteiger partial charge on any atom is -0.493 e. The Hall–Kier alpha value is -3.22. The molecule has 0 bridgehead atoms. The Morgan fingerprint density at radius 2 is 1.70 bits per heavy atom. The molecule has 0 atom stereocenters. The number of hydrogen-bond donors (Lipinski definition) is 2. The fraction of sp³-hybridized carbons (Fsp3) is 0.300. The first-order valence-corrected chi connectivity index (χ1v) is 8.34. The molecule has 3 aromatic rings. The summed E-state index contributed by atoms with van der Waals surface area (Å²) in [6.45, 7) is 1.66. The van der Waals surface area contributed by atoms with Crippen LogP contribution in [0.25, 0.3) is 10.9 Å². The lowest BCUT2D eigenvalue weighted by molar-refractivity contribution is 0.324. The zero-order valence-corrected chi connectivity index (χ0v) is 16.0. The van der Waals surface area contributed by atoms with Crippen LogP contribution in [-0.4, -0.2) is 31.3 Å². The molecule has 0 aliphatic carbocycles. The molecule has 0 fully saturated rings. The van der Waals surface area contributed by atoms with Gasteiger partial charge in [-0.1, -0.05) is 6.07 Å². The monoisotopic (exact) mass is 370 g/mol. The number of rotatable bonds is 6. The van der Waals surface area contributed by atoms with Gasteiger partial charge >= 0.3 is 0 Å². The topological polar surface area (TPSA) is 91.5 Å². The summed E-state index contributed by atoms with van der Waals surface area (Å²) < 4.78 is 33.3. The van der Waals surface area contributed by atoms with Gasteiger partial charge in [-0.25, -0.2) is 9.97 Å². The number of anilines is 2. The van der Waals surface area contributed by atoms with E-state index in [4.69, 9.17) is 22.7 Å². The van der Waals surface area contributed by atoms with Crippen molar-refractivity contribution in [2.45, 2.75) is 20.3 Å². The molecule has 0 aliphatic heterocycles. The summed E-state index contributed by atoms with van der Waals surface area (Å²) in [6.07, 6.45) is 0. The number of aromatic nitrogens is 2. The molecule has 3 N–H and O–H groups in total. The summed E-state index contributed by atoms with van der Waals surface area (Å²) in [6, 6.07) is 6.75. The molecular weight excluding hydrogens is 344 g/mol. The zero-order chi connectivity index (χ0) is 21.3. The third kappa shape index (κ3) is 3.53. The van der Waals surface area contributed by atoms with Crippen LogP contribution >= 0.6 is 0 Å². The lowest BCUT2D eigenvalue weighted by atomic mass is 10.0. The van der Waals surface area contributed by atoms with Crippen molar-refractivity contribution < 1.29 is 17.0 Å². The molecule has 0 aliphatic rings. The number of nitrogens with two attached hydrogens (primary N) is 1. The van der Waals surface area contributed by atoms with Crippen LogP contribution in [0.4, 0.5) is 11.5 Å². The summed E-state index contributed by atoms with van der Waals surface area (Å²) in [5, 5.41) is 3.55. The Balaban J connectivity index is 2.07. The van der Waals surface area contributed by atoms with Gasteiger partial charge in [-0.2, -0.15) is 0 Å². The van der Waals surface area contributed by atoms with E-state index in [9.17, 15) is 0 Å². The smallest absolute Gasteiger partial charge is 0.203 e. The Morgan fingerprint density at radius 3 is 2.30 bits per heavy atom. The maximum atomic E-state index is 8.65. The van der Waals surface area contributed by atoms with E-state index in [-0.39, 0.29) is 0 Å². The molecule has 2 aromatic carbocycles. The highest BCUT2D eigenvalue weighted by atomic mass is 16.5. The average Bonchev–Trinajstić information content (AvgIpc) is 2.66. The number of benzene rings is 2. The van der Waals surface area contributed by atoms with Gasteiger partial charge < -0.3 is 25.3 Å². The highest BCUT2D eigenvalue weighted by Gasteiger charge is 2.14. The van der Waals surface area contributed by atoms with Gasteiger partial charge in [-0.05, 0) is 31.0 Å². The zero-order valence-electron chi connectivity index (χ0n) is 18.0. The van der Waals surface area contributed by atoms with E-state index < -0.39 is 6.50 Å². The molecule has 0 amide bonds. The molecule has 0 radical (unpaired) electrons. The van der Waals surface area contributed by atoms with Crippen molar-refractivity contribution in [3.63, 3.8) is 0 Å². The molecule has 1 aromatic heterocycles. The fourth-order valence-corrected chi connectivity index (χ4v) is 2.97. The Kier molecular flexibility index (Phi) is 4.48. The minimum atomic E-state index is -1.92. The van der Waals surface area contributed by atoms with Crippen molar-refractivity contribution in [1.82, 2.24) is 9.97 Å². The average molecular weight is 370 g/mol. The van der Waals surface area contributed by atoms with Gasteiger partial charge in [0.1, 0.15) is 11.6 Å². The summed E-state index contributed by atoms with van der Waals surface area (Å²) in [5.41, 5.74) is 8.34. The second kappa shape index (κ2) is 7.57. The number of nitrogens with one attached hydrogen (secondary N) is 1. The normalized spacial score (nSPS) is 12.3. The highest BCUT2D eigenvalue weighted by molar-refractivity contribution is 5.92. The van der Waals surface area contributed by atoms with Crippen LogP contribution in [-0.2, 0) is 6.50 Å². The van der Waals surface area contributed by atoms with Gasteiger partial charge in [0.25, 0.3) is 0 Å². The van der Waals surface area contributed by atoms with E-state index >= 15 is 0 Å². The standard InChI is InChI=1S/C20H24N4O3/c1-11-13(6-7-15-18(11)20(21)24-12(2)23-15)10-22-14-8-16(25-3)19(27-5)17(9-14)26-4/h6-9,22H,10H2,1-5H3,(H2,21,23,24)/i10D2. The molecule has 0 unspecified atom stereocenters. The van der Waals surface area contributed by atoms with Gasteiger partial charge in [-0.3, -0.25) is 0 Å². The second-order valence-electron chi connectivity index (χ2n) is 5.95. The molecule has 0 spiro atoms. The maximum absolute atomic E-state index is 8.65. The predicted octanol–water partition coefficient (Wildman–Crippen LogP) is 3.47. The van der Waals surface area contributed by atoms with E-state index in [1.807, 2.05) is 0 Å². The van der Waals surface area contributed by atoms with Crippen LogP contribution in [0.1, 0.15) is 19.7 Å². The van der Waals surface area contributed by atoms with Crippen LogP contribution in [0, 0.1) is 13.8 Å². The minimum absolute atomic E-state index is 0.329. The van der Waals surface area contributed by atoms with E-state index in [1.165, 1.54) is 21.3 Å². The quantitative estimate of drug-likeness (QED) is 0.686. The van der Waals surface area contributed by atoms with Crippen molar-refractivity contribution in [2.24, 2.45) is 0 Å².